The van der Waals surface area contributed by atoms with Crippen LogP contribution in [-0.2, 0) is 11.2 Å². The monoisotopic (exact) mass is 386 g/mol. The Morgan fingerprint density at radius 3 is 2.60 bits per heavy atom. The molecule has 0 aliphatic rings. The van der Waals surface area contributed by atoms with E-state index in [-0.39, 0.29) is 29.3 Å². The highest BCUT2D eigenvalue weighted by Gasteiger charge is 2.21. The fraction of sp³-hybridized carbons (Fsp3) is 0.588. The number of nitrogens with two attached hydrogens (primary N) is 1. The van der Waals surface area contributed by atoms with E-state index in [1.165, 1.54) is 11.3 Å². The molecule has 2 rings (SSSR count). The van der Waals surface area contributed by atoms with Crippen molar-refractivity contribution in [3.8, 4) is 0 Å². The molecule has 2 heterocycles. The summed E-state index contributed by atoms with van der Waals surface area (Å²) in [6, 6.07) is 0. The van der Waals surface area contributed by atoms with Crippen molar-refractivity contribution in [3.63, 3.8) is 0 Å². The van der Waals surface area contributed by atoms with Gasteiger partial charge in [0.1, 0.15) is 10.7 Å². The van der Waals surface area contributed by atoms with Gasteiger partial charge in [0.05, 0.1) is 5.39 Å². The maximum Gasteiger partial charge on any atom is 0.259 e. The Hall–Kier alpha value is -1.44. The summed E-state index contributed by atoms with van der Waals surface area (Å²) in [6.07, 6.45) is 0.738. The topological polar surface area (TPSA) is 92.1 Å². The lowest BCUT2D eigenvalue weighted by Crippen LogP contribution is -2.39. The molecule has 2 aromatic heterocycles. The number of fused-ring (bicyclic) bond motifs is 1. The van der Waals surface area contributed by atoms with Crippen molar-refractivity contribution >= 4 is 39.9 Å². The number of carbonyl (C=O) groups is 1. The van der Waals surface area contributed by atoms with Crippen molar-refractivity contribution in [1.82, 2.24) is 14.9 Å². The third-order valence-electron chi connectivity index (χ3n) is 4.31. The summed E-state index contributed by atoms with van der Waals surface area (Å²) >= 11 is 1.52. The van der Waals surface area contributed by atoms with Crippen molar-refractivity contribution in [2.24, 2.45) is 11.1 Å². The van der Waals surface area contributed by atoms with Gasteiger partial charge in [0.25, 0.3) is 5.56 Å². The Morgan fingerprint density at radius 1 is 1.36 bits per heavy atom. The molecule has 1 amide bonds. The molecule has 0 aliphatic heterocycles. The third-order valence-corrected chi connectivity index (χ3v) is 5.41. The molecule has 3 N–H and O–H groups in total. The van der Waals surface area contributed by atoms with Gasteiger partial charge in [-0.25, -0.2) is 4.98 Å². The average Bonchev–Trinajstić information content (AvgIpc) is 2.79. The molecule has 0 fully saturated rings. The van der Waals surface area contributed by atoms with Crippen LogP contribution in [-0.4, -0.2) is 40.9 Å². The predicted molar refractivity (Wildman–Crippen MR) is 106 cm³/mol. The van der Waals surface area contributed by atoms with E-state index in [2.05, 4.69) is 9.97 Å². The molecule has 25 heavy (non-hydrogen) atoms. The summed E-state index contributed by atoms with van der Waals surface area (Å²) < 4.78 is 0. The second-order valence-electron chi connectivity index (χ2n) is 7.09. The quantitative estimate of drug-likeness (QED) is 0.797. The zero-order valence-corrected chi connectivity index (χ0v) is 17.1. The van der Waals surface area contributed by atoms with E-state index in [9.17, 15) is 9.59 Å². The molecule has 8 heteroatoms. The van der Waals surface area contributed by atoms with Crippen LogP contribution < -0.4 is 11.3 Å². The van der Waals surface area contributed by atoms with Gasteiger partial charge in [0.2, 0.25) is 5.91 Å². The molecule has 0 saturated carbocycles. The lowest BCUT2D eigenvalue weighted by molar-refractivity contribution is -0.131. The van der Waals surface area contributed by atoms with E-state index in [4.69, 9.17) is 5.73 Å². The summed E-state index contributed by atoms with van der Waals surface area (Å²) in [6.45, 7) is 9.11. The van der Waals surface area contributed by atoms with Gasteiger partial charge < -0.3 is 15.6 Å². The first-order chi connectivity index (χ1) is 11.1. The van der Waals surface area contributed by atoms with Gasteiger partial charge in [-0.2, -0.15) is 0 Å². The first-order valence-corrected chi connectivity index (χ1v) is 8.89. The van der Waals surface area contributed by atoms with Crippen LogP contribution in [0.4, 0.5) is 0 Å². The zero-order valence-electron chi connectivity index (χ0n) is 15.4. The van der Waals surface area contributed by atoms with E-state index in [1.54, 1.807) is 11.9 Å². The Kier molecular flexibility index (Phi) is 7.17. The van der Waals surface area contributed by atoms with Gasteiger partial charge in [-0.3, -0.25) is 9.59 Å². The minimum atomic E-state index is -0.123. The van der Waals surface area contributed by atoms with E-state index >= 15 is 0 Å². The van der Waals surface area contributed by atoms with Crippen LogP contribution >= 0.6 is 23.7 Å². The molecule has 0 bridgehead atoms. The van der Waals surface area contributed by atoms with Crippen LogP contribution in [0.2, 0.25) is 0 Å². The maximum absolute atomic E-state index is 12.3. The van der Waals surface area contributed by atoms with Crippen LogP contribution in [0.25, 0.3) is 10.2 Å². The fourth-order valence-corrected chi connectivity index (χ4v) is 3.68. The molecule has 140 valence electrons. The molecule has 6 nitrogen and oxygen atoms in total. The van der Waals surface area contributed by atoms with Crippen molar-refractivity contribution in [1.29, 1.82) is 0 Å². The van der Waals surface area contributed by atoms with Crippen LogP contribution in [0.15, 0.2) is 4.79 Å². The van der Waals surface area contributed by atoms with Gasteiger partial charge in [0.15, 0.2) is 0 Å². The SMILES string of the molecule is Cc1sc2nc(CCC(=O)N(C)CC(C)(C)CN)[nH]c(=O)c2c1C.Cl. The molecule has 0 aliphatic carbocycles. The molecule has 0 radical (unpaired) electrons. The molecule has 0 saturated heterocycles. The Labute approximate surface area is 158 Å². The number of H-pyrrole nitrogens is 1. The smallest absolute Gasteiger partial charge is 0.259 e. The number of halogens is 1. The number of amides is 1. The number of rotatable bonds is 6. The number of carbonyl (C=O) groups excluding carboxylic acids is 1. The zero-order chi connectivity index (χ0) is 18.1. The number of aryl methyl sites for hydroxylation is 3. The lowest BCUT2D eigenvalue weighted by atomic mass is 9.93. The summed E-state index contributed by atoms with van der Waals surface area (Å²) in [4.78, 5) is 35.4. The number of aromatic nitrogens is 2. The van der Waals surface area contributed by atoms with Crippen LogP contribution in [0.1, 0.15) is 36.5 Å². The minimum Gasteiger partial charge on any atom is -0.345 e. The summed E-state index contributed by atoms with van der Waals surface area (Å²) in [5.74, 6) is 0.589. The predicted octanol–water partition coefficient (Wildman–Crippen LogP) is 2.40. The number of nitrogens with zero attached hydrogens (tertiary/aromatic N) is 2. The minimum absolute atomic E-state index is 0. The Morgan fingerprint density at radius 2 is 2.00 bits per heavy atom. The van der Waals surface area contributed by atoms with Crippen molar-refractivity contribution in [3.05, 3.63) is 26.6 Å². The first-order valence-electron chi connectivity index (χ1n) is 8.07. The first kappa shape index (κ1) is 21.6. The standard InChI is InChI=1S/C17H26N4O2S.ClH/c1-10-11(2)24-16-14(10)15(23)19-12(20-16)6-7-13(22)21(5)9-17(3,4)8-18;/h6-9,18H2,1-5H3,(H,19,20,23);1H. The van der Waals surface area contributed by atoms with E-state index in [1.807, 2.05) is 27.7 Å². The van der Waals surface area contributed by atoms with Crippen LogP contribution in [0.3, 0.4) is 0 Å². The average molecular weight is 387 g/mol. The molecular weight excluding hydrogens is 360 g/mol. The van der Waals surface area contributed by atoms with Gasteiger partial charge in [-0.1, -0.05) is 13.8 Å². The molecular formula is C17H27ClN4O2S. The second kappa shape index (κ2) is 8.29. The largest absolute Gasteiger partial charge is 0.345 e. The van der Waals surface area contributed by atoms with E-state index < -0.39 is 0 Å². The molecule has 0 aromatic carbocycles. The number of hydrogen-bond acceptors (Lipinski definition) is 5. The molecule has 0 spiro atoms. The summed E-state index contributed by atoms with van der Waals surface area (Å²) in [7, 11) is 1.78. The van der Waals surface area contributed by atoms with E-state index in [0.717, 1.165) is 15.3 Å². The van der Waals surface area contributed by atoms with Gasteiger partial charge in [-0.05, 0) is 31.4 Å². The number of hydrogen-bond donors (Lipinski definition) is 2. The highest BCUT2D eigenvalue weighted by Crippen LogP contribution is 2.25. The molecule has 2 aromatic rings. The number of thiophene rings is 1. The molecule has 0 unspecified atom stereocenters. The van der Waals surface area contributed by atoms with Gasteiger partial charge in [-0.15, -0.1) is 23.7 Å². The normalized spacial score (nSPS) is 11.4. The van der Waals surface area contributed by atoms with Crippen molar-refractivity contribution in [2.45, 2.75) is 40.5 Å². The Balaban J connectivity index is 0.00000312. The van der Waals surface area contributed by atoms with Gasteiger partial charge >= 0.3 is 0 Å². The summed E-state index contributed by atoms with van der Waals surface area (Å²) in [5, 5.41) is 0.661. The lowest BCUT2D eigenvalue weighted by Gasteiger charge is -2.29. The maximum atomic E-state index is 12.3. The van der Waals surface area contributed by atoms with Crippen LogP contribution in [0.5, 0.6) is 0 Å². The number of aromatic amines is 1. The fourth-order valence-electron chi connectivity index (χ4n) is 2.63. The van der Waals surface area contributed by atoms with Crippen molar-refractivity contribution < 1.29 is 4.79 Å². The Bertz CT molecular complexity index is 813. The van der Waals surface area contributed by atoms with Crippen molar-refractivity contribution in [2.75, 3.05) is 20.1 Å². The van der Waals surface area contributed by atoms with Crippen LogP contribution in [0, 0.1) is 19.3 Å². The van der Waals surface area contributed by atoms with E-state index in [0.29, 0.717) is 37.1 Å². The molecule has 0 atom stereocenters. The van der Waals surface area contributed by atoms with Gasteiger partial charge in [0, 0.05) is 31.3 Å². The highest BCUT2D eigenvalue weighted by atomic mass is 35.5. The third kappa shape index (κ3) is 5.03. The number of nitrogens with one attached hydrogen (secondary N) is 1. The highest BCUT2D eigenvalue weighted by molar-refractivity contribution is 7.18. The second-order valence-corrected chi connectivity index (χ2v) is 8.30. The summed E-state index contributed by atoms with van der Waals surface area (Å²) in [5.41, 5.74) is 6.47.